The molecule has 0 fully saturated rings. The van der Waals surface area contributed by atoms with E-state index in [0.717, 1.165) is 20.4 Å². The monoisotopic (exact) mass is 661 g/mol. The molecule has 206 valence electrons. The van der Waals surface area contributed by atoms with E-state index in [9.17, 15) is 10.1 Å². The minimum absolute atomic E-state index is 0.0286. The molecule has 0 aromatic heterocycles. The van der Waals surface area contributed by atoms with Crippen molar-refractivity contribution in [2.75, 3.05) is 26.9 Å². The van der Waals surface area contributed by atoms with Gasteiger partial charge in [-0.15, -0.1) is 0 Å². The van der Waals surface area contributed by atoms with Crippen LogP contribution < -0.4 is 15.2 Å². The average molecular weight is 662 g/mol. The summed E-state index contributed by atoms with van der Waals surface area (Å²) >= 11 is 8.54. The highest BCUT2D eigenvalue weighted by Gasteiger charge is 2.44. The van der Waals surface area contributed by atoms with E-state index < -0.39 is 5.92 Å². The molecule has 7 nitrogen and oxygen atoms in total. The number of nitrogens with two attached hydrogens (primary N) is 1. The number of nitriles is 1. The second-order valence-electron chi connectivity index (χ2n) is 10.4. The van der Waals surface area contributed by atoms with Crippen molar-refractivity contribution in [2.45, 2.75) is 46.1 Å². The first-order valence-corrected chi connectivity index (χ1v) is 14.3. The van der Waals surface area contributed by atoms with Crippen molar-refractivity contribution in [1.82, 2.24) is 4.90 Å². The number of hydrogen-bond donors (Lipinski definition) is 1. The van der Waals surface area contributed by atoms with Crippen molar-refractivity contribution in [3.63, 3.8) is 0 Å². The Morgan fingerprint density at radius 2 is 1.97 bits per heavy atom. The van der Waals surface area contributed by atoms with Crippen molar-refractivity contribution < 1.29 is 19.0 Å². The fraction of sp³-hybridized carbons (Fsp3) is 0.400. The third-order valence-corrected chi connectivity index (χ3v) is 8.17. The van der Waals surface area contributed by atoms with Gasteiger partial charge in [0.25, 0.3) is 0 Å². The molecule has 2 aromatic rings. The molecule has 1 atom stereocenters. The van der Waals surface area contributed by atoms with E-state index >= 15 is 0 Å². The molecule has 1 aliphatic heterocycles. The number of ether oxygens (including phenoxy) is 3. The van der Waals surface area contributed by atoms with Crippen molar-refractivity contribution in [3.8, 4) is 17.6 Å². The molecule has 4 rings (SSSR count). The Morgan fingerprint density at radius 1 is 1.23 bits per heavy atom. The van der Waals surface area contributed by atoms with E-state index in [4.69, 9.17) is 31.5 Å². The number of rotatable bonds is 9. The average Bonchev–Trinajstić information content (AvgIpc) is 2.87. The molecule has 9 heteroatoms. The standard InChI is InChI=1S/C30H33ClIN3O4/c1-5-38-25-13-19(12-22(32)28(25)39-17-18-8-6-7-9-21(18)31)26-20(16-33)29(34)35(10-11-37-4)23-14-30(2,3)15-24(36)27(23)26/h6-9,12-13,26H,5,10-11,14-15,17,34H2,1-4H3/t26-/m0/s1. The zero-order chi connectivity index (χ0) is 28.3. The molecular formula is C30H33ClIN3O4. The predicted octanol–water partition coefficient (Wildman–Crippen LogP) is 6.30. The number of hydrogen-bond acceptors (Lipinski definition) is 7. The van der Waals surface area contributed by atoms with E-state index in [2.05, 4.69) is 42.5 Å². The van der Waals surface area contributed by atoms with E-state index in [1.54, 1.807) is 7.11 Å². The van der Waals surface area contributed by atoms with Gasteiger partial charge in [-0.05, 0) is 65.1 Å². The predicted molar refractivity (Wildman–Crippen MR) is 159 cm³/mol. The molecule has 0 amide bonds. The van der Waals surface area contributed by atoms with Gasteiger partial charge in [-0.2, -0.15) is 5.26 Å². The Morgan fingerprint density at radius 3 is 2.64 bits per heavy atom. The van der Waals surface area contributed by atoms with Crippen LogP contribution in [0.15, 0.2) is 59.1 Å². The first-order chi connectivity index (χ1) is 18.6. The van der Waals surface area contributed by atoms with Crippen molar-refractivity contribution in [3.05, 3.63) is 78.8 Å². The van der Waals surface area contributed by atoms with E-state index in [0.29, 0.717) is 66.1 Å². The zero-order valence-corrected chi connectivity index (χ0v) is 25.6. The molecule has 0 spiro atoms. The fourth-order valence-electron chi connectivity index (χ4n) is 5.27. The largest absolute Gasteiger partial charge is 0.490 e. The van der Waals surface area contributed by atoms with E-state index in [1.165, 1.54) is 0 Å². The molecule has 1 heterocycles. The normalized spacial score (nSPS) is 18.6. The minimum Gasteiger partial charge on any atom is -0.490 e. The van der Waals surface area contributed by atoms with Gasteiger partial charge in [-0.1, -0.05) is 43.6 Å². The van der Waals surface area contributed by atoms with Crippen LogP contribution in [0.5, 0.6) is 11.5 Å². The quantitative estimate of drug-likeness (QED) is 0.315. The number of allylic oxidation sites excluding steroid dienone is 3. The summed E-state index contributed by atoms with van der Waals surface area (Å²) in [5, 5.41) is 10.9. The summed E-state index contributed by atoms with van der Waals surface area (Å²) in [7, 11) is 1.62. The van der Waals surface area contributed by atoms with Crippen LogP contribution in [0.25, 0.3) is 0 Å². The first-order valence-electron chi connectivity index (χ1n) is 12.9. The molecular weight excluding hydrogens is 629 g/mol. The molecule has 0 saturated heterocycles. The highest BCUT2D eigenvalue weighted by molar-refractivity contribution is 14.1. The fourth-order valence-corrected chi connectivity index (χ4v) is 6.24. The number of nitrogens with zero attached hydrogens (tertiary/aromatic N) is 2. The summed E-state index contributed by atoms with van der Waals surface area (Å²) in [4.78, 5) is 15.6. The molecule has 1 aliphatic carbocycles. The minimum atomic E-state index is -0.599. The van der Waals surface area contributed by atoms with Gasteiger partial charge in [0.05, 0.1) is 34.3 Å². The van der Waals surface area contributed by atoms with Gasteiger partial charge in [-0.3, -0.25) is 4.79 Å². The molecule has 0 unspecified atom stereocenters. The first kappa shape index (κ1) is 29.2. The van der Waals surface area contributed by atoms with Gasteiger partial charge in [-0.25, -0.2) is 0 Å². The second-order valence-corrected chi connectivity index (χ2v) is 12.0. The summed E-state index contributed by atoms with van der Waals surface area (Å²) in [6.07, 6.45) is 1.07. The molecule has 2 aliphatic rings. The van der Waals surface area contributed by atoms with Gasteiger partial charge in [0.2, 0.25) is 0 Å². The molecule has 0 radical (unpaired) electrons. The molecule has 2 N–H and O–H groups in total. The molecule has 39 heavy (non-hydrogen) atoms. The Balaban J connectivity index is 1.83. The summed E-state index contributed by atoms with van der Waals surface area (Å²) in [5.74, 6) is 0.906. The van der Waals surface area contributed by atoms with Crippen LogP contribution in [-0.2, 0) is 16.1 Å². The number of methoxy groups -OCH3 is 1. The Labute approximate surface area is 248 Å². The Bertz CT molecular complexity index is 1380. The second kappa shape index (κ2) is 12.2. The topological polar surface area (TPSA) is 97.8 Å². The van der Waals surface area contributed by atoms with Crippen LogP contribution >= 0.6 is 34.2 Å². The van der Waals surface area contributed by atoms with Crippen molar-refractivity contribution >= 4 is 40.0 Å². The maximum absolute atomic E-state index is 13.7. The van der Waals surface area contributed by atoms with Gasteiger partial charge < -0.3 is 24.8 Å². The van der Waals surface area contributed by atoms with Gasteiger partial charge >= 0.3 is 0 Å². The van der Waals surface area contributed by atoms with Crippen LogP contribution in [-0.4, -0.2) is 37.6 Å². The zero-order valence-electron chi connectivity index (χ0n) is 22.6. The summed E-state index contributed by atoms with van der Waals surface area (Å²) in [6.45, 7) is 7.63. The Kier molecular flexibility index (Phi) is 9.14. The van der Waals surface area contributed by atoms with E-state index in [1.807, 2.05) is 48.2 Å². The number of Topliss-reactive ketones (excluding diaryl/α,β-unsaturated/α-hetero) is 1. The third-order valence-electron chi connectivity index (χ3n) is 7.00. The van der Waals surface area contributed by atoms with Gasteiger partial charge in [0.1, 0.15) is 12.4 Å². The van der Waals surface area contributed by atoms with Crippen LogP contribution in [0.4, 0.5) is 0 Å². The molecule has 0 saturated carbocycles. The SMILES string of the molecule is CCOc1cc([C@H]2C(C#N)=C(N)N(CCOC)C3=C2C(=O)CC(C)(C)C3)cc(I)c1OCc1ccccc1Cl. The van der Waals surface area contributed by atoms with Crippen LogP contribution in [0, 0.1) is 20.3 Å². The number of benzene rings is 2. The highest BCUT2D eigenvalue weighted by atomic mass is 127. The van der Waals surface area contributed by atoms with Gasteiger partial charge in [0.15, 0.2) is 17.3 Å². The third kappa shape index (κ3) is 6.06. The van der Waals surface area contributed by atoms with E-state index in [-0.39, 0.29) is 17.8 Å². The van der Waals surface area contributed by atoms with Crippen LogP contribution in [0.1, 0.15) is 50.7 Å². The highest BCUT2D eigenvalue weighted by Crippen LogP contribution is 2.50. The smallest absolute Gasteiger partial charge is 0.174 e. The maximum atomic E-state index is 13.7. The number of halogens is 2. The number of carbonyl (C=O) groups is 1. The lowest BCUT2D eigenvalue weighted by atomic mass is 9.68. The maximum Gasteiger partial charge on any atom is 0.174 e. The molecule has 0 bridgehead atoms. The summed E-state index contributed by atoms with van der Waals surface area (Å²) < 4.78 is 18.3. The summed E-state index contributed by atoms with van der Waals surface area (Å²) in [6, 6.07) is 13.7. The number of ketones is 1. The van der Waals surface area contributed by atoms with Crippen LogP contribution in [0.2, 0.25) is 5.02 Å². The van der Waals surface area contributed by atoms with Crippen LogP contribution in [0.3, 0.4) is 0 Å². The Hall–Kier alpha value is -2.74. The van der Waals surface area contributed by atoms with Crippen molar-refractivity contribution in [1.29, 1.82) is 5.26 Å². The van der Waals surface area contributed by atoms with Gasteiger partial charge in [0, 0.05) is 41.9 Å². The lowest BCUT2D eigenvalue weighted by Crippen LogP contribution is -2.43. The number of carbonyl (C=O) groups excluding carboxylic acids is 1. The lowest BCUT2D eigenvalue weighted by molar-refractivity contribution is -0.118. The summed E-state index contributed by atoms with van der Waals surface area (Å²) in [5.41, 5.74) is 9.88. The van der Waals surface area contributed by atoms with Crippen molar-refractivity contribution in [2.24, 2.45) is 11.1 Å². The molecule has 2 aromatic carbocycles. The lowest BCUT2D eigenvalue weighted by Gasteiger charge is -2.43.